The van der Waals surface area contributed by atoms with Crippen molar-refractivity contribution in [1.82, 2.24) is 9.62 Å². The van der Waals surface area contributed by atoms with Crippen molar-refractivity contribution in [2.24, 2.45) is 5.92 Å². The minimum Gasteiger partial charge on any atom is -0.352 e. The van der Waals surface area contributed by atoms with E-state index in [0.29, 0.717) is 38.2 Å². The van der Waals surface area contributed by atoms with Crippen LogP contribution < -0.4 is 10.2 Å². The molecular weight excluding hydrogens is 426 g/mol. The summed E-state index contributed by atoms with van der Waals surface area (Å²) >= 11 is 0. The predicted octanol–water partition coefficient (Wildman–Crippen LogP) is 2.95. The Morgan fingerprint density at radius 3 is 2.31 bits per heavy atom. The highest BCUT2D eigenvalue weighted by atomic mass is 32.2. The van der Waals surface area contributed by atoms with E-state index in [1.807, 2.05) is 31.2 Å². The maximum Gasteiger partial charge on any atom is 0.251 e. The number of hydrogen-bond acceptors (Lipinski definition) is 4. The number of carbonyl (C=O) groups excluding carboxylic acids is 2. The molecule has 2 aromatic rings. The van der Waals surface area contributed by atoms with E-state index in [-0.39, 0.29) is 22.6 Å². The summed E-state index contributed by atoms with van der Waals surface area (Å²) in [5.41, 5.74) is 2.42. The Morgan fingerprint density at radius 2 is 1.66 bits per heavy atom. The lowest BCUT2D eigenvalue weighted by molar-refractivity contribution is -0.117. The summed E-state index contributed by atoms with van der Waals surface area (Å²) in [5, 5.41) is 2.89. The zero-order valence-electron chi connectivity index (χ0n) is 18.3. The fourth-order valence-corrected chi connectivity index (χ4v) is 5.78. The number of rotatable bonds is 6. The number of carbonyl (C=O) groups is 2. The number of nitrogens with zero attached hydrogens (tertiary/aromatic N) is 2. The van der Waals surface area contributed by atoms with E-state index in [0.717, 1.165) is 30.5 Å². The smallest absolute Gasteiger partial charge is 0.251 e. The van der Waals surface area contributed by atoms with E-state index in [1.165, 1.54) is 16.4 Å². The molecule has 2 amide bonds. The van der Waals surface area contributed by atoms with E-state index < -0.39 is 10.0 Å². The SMILES string of the molecule is Cc1ccc(N2CC(CNC(=O)c3ccc(S(=O)(=O)N4CCCCC4)cc3)CC2=O)cc1. The van der Waals surface area contributed by atoms with Crippen molar-refractivity contribution < 1.29 is 18.0 Å². The Bertz CT molecular complexity index is 1080. The number of benzene rings is 2. The fourth-order valence-electron chi connectivity index (χ4n) is 4.26. The lowest BCUT2D eigenvalue weighted by atomic mass is 10.1. The van der Waals surface area contributed by atoms with Crippen LogP contribution in [0.2, 0.25) is 0 Å². The molecule has 7 nitrogen and oxygen atoms in total. The topological polar surface area (TPSA) is 86.8 Å². The summed E-state index contributed by atoms with van der Waals surface area (Å²) in [4.78, 5) is 26.9. The van der Waals surface area contributed by atoms with Crippen LogP contribution in [0.3, 0.4) is 0 Å². The van der Waals surface area contributed by atoms with E-state index in [9.17, 15) is 18.0 Å². The van der Waals surface area contributed by atoms with Crippen molar-refractivity contribution in [3.63, 3.8) is 0 Å². The Kier molecular flexibility index (Phi) is 6.62. The summed E-state index contributed by atoms with van der Waals surface area (Å²) in [6, 6.07) is 13.9. The van der Waals surface area contributed by atoms with Crippen LogP contribution in [0, 0.1) is 12.8 Å². The van der Waals surface area contributed by atoms with Crippen LogP contribution in [0.5, 0.6) is 0 Å². The quantitative estimate of drug-likeness (QED) is 0.726. The third-order valence-electron chi connectivity index (χ3n) is 6.17. The monoisotopic (exact) mass is 455 g/mol. The molecule has 2 heterocycles. The van der Waals surface area contributed by atoms with Crippen molar-refractivity contribution in [2.75, 3.05) is 31.1 Å². The van der Waals surface area contributed by atoms with Gasteiger partial charge in [-0.25, -0.2) is 8.42 Å². The largest absolute Gasteiger partial charge is 0.352 e. The predicted molar refractivity (Wildman–Crippen MR) is 123 cm³/mol. The lowest BCUT2D eigenvalue weighted by Gasteiger charge is -2.25. The van der Waals surface area contributed by atoms with Gasteiger partial charge < -0.3 is 10.2 Å². The summed E-state index contributed by atoms with van der Waals surface area (Å²) in [6.07, 6.45) is 3.21. The van der Waals surface area contributed by atoms with Gasteiger partial charge in [0, 0.05) is 49.8 Å². The maximum absolute atomic E-state index is 12.8. The Balaban J connectivity index is 1.33. The molecule has 8 heteroatoms. The van der Waals surface area contributed by atoms with Gasteiger partial charge in [0.15, 0.2) is 0 Å². The van der Waals surface area contributed by atoms with Crippen LogP contribution in [-0.2, 0) is 14.8 Å². The molecule has 4 rings (SSSR count). The van der Waals surface area contributed by atoms with E-state index in [4.69, 9.17) is 0 Å². The van der Waals surface area contributed by atoms with Gasteiger partial charge in [-0.05, 0) is 56.2 Å². The number of amides is 2. The molecule has 2 fully saturated rings. The summed E-state index contributed by atoms with van der Waals surface area (Å²) < 4.78 is 27.0. The molecule has 170 valence electrons. The van der Waals surface area contributed by atoms with Gasteiger partial charge in [0.2, 0.25) is 15.9 Å². The maximum atomic E-state index is 12.8. The zero-order chi connectivity index (χ0) is 22.7. The molecule has 1 atom stereocenters. The second-order valence-electron chi connectivity index (χ2n) is 8.61. The summed E-state index contributed by atoms with van der Waals surface area (Å²) in [5.74, 6) is -0.181. The van der Waals surface area contributed by atoms with Gasteiger partial charge in [-0.2, -0.15) is 4.31 Å². The van der Waals surface area contributed by atoms with Gasteiger partial charge in [-0.15, -0.1) is 0 Å². The van der Waals surface area contributed by atoms with Gasteiger partial charge in [-0.1, -0.05) is 24.1 Å². The van der Waals surface area contributed by atoms with Gasteiger partial charge in [-0.3, -0.25) is 9.59 Å². The number of nitrogens with one attached hydrogen (secondary N) is 1. The minimum absolute atomic E-state index is 0.0338. The highest BCUT2D eigenvalue weighted by Gasteiger charge is 2.31. The van der Waals surface area contributed by atoms with E-state index >= 15 is 0 Å². The zero-order valence-corrected chi connectivity index (χ0v) is 19.1. The summed E-state index contributed by atoms with van der Waals surface area (Å²) in [6.45, 7) is 4.05. The molecule has 0 aromatic heterocycles. The first-order valence-corrected chi connectivity index (χ1v) is 12.5. The van der Waals surface area contributed by atoms with Gasteiger partial charge >= 0.3 is 0 Å². The molecule has 32 heavy (non-hydrogen) atoms. The molecule has 2 aliphatic heterocycles. The van der Waals surface area contributed by atoms with Crippen LogP contribution >= 0.6 is 0 Å². The first-order valence-electron chi connectivity index (χ1n) is 11.1. The van der Waals surface area contributed by atoms with Crippen molar-refractivity contribution >= 4 is 27.5 Å². The van der Waals surface area contributed by atoms with Gasteiger partial charge in [0.25, 0.3) is 5.91 Å². The second kappa shape index (κ2) is 9.42. The van der Waals surface area contributed by atoms with Gasteiger partial charge in [0.05, 0.1) is 4.90 Å². The molecule has 2 aromatic carbocycles. The average molecular weight is 456 g/mol. The number of aryl methyl sites for hydroxylation is 1. The Labute approximate surface area is 189 Å². The van der Waals surface area contributed by atoms with Crippen molar-refractivity contribution in [3.05, 3.63) is 59.7 Å². The number of anilines is 1. The van der Waals surface area contributed by atoms with Crippen molar-refractivity contribution in [3.8, 4) is 0 Å². The van der Waals surface area contributed by atoms with Crippen molar-refractivity contribution in [1.29, 1.82) is 0 Å². The van der Waals surface area contributed by atoms with Crippen LogP contribution in [0.4, 0.5) is 5.69 Å². The molecule has 0 saturated carbocycles. The van der Waals surface area contributed by atoms with Crippen LogP contribution in [0.15, 0.2) is 53.4 Å². The van der Waals surface area contributed by atoms with Crippen molar-refractivity contribution in [2.45, 2.75) is 37.5 Å². The molecule has 0 bridgehead atoms. The molecule has 0 radical (unpaired) electrons. The van der Waals surface area contributed by atoms with Crippen LogP contribution in [0.25, 0.3) is 0 Å². The minimum atomic E-state index is -3.51. The second-order valence-corrected chi connectivity index (χ2v) is 10.5. The molecule has 1 unspecified atom stereocenters. The Hall–Kier alpha value is -2.71. The van der Waals surface area contributed by atoms with Crippen LogP contribution in [-0.4, -0.2) is 50.7 Å². The highest BCUT2D eigenvalue weighted by molar-refractivity contribution is 7.89. The highest BCUT2D eigenvalue weighted by Crippen LogP contribution is 2.25. The molecule has 2 aliphatic rings. The Morgan fingerprint density at radius 1 is 1.00 bits per heavy atom. The molecule has 0 spiro atoms. The third kappa shape index (κ3) is 4.86. The molecule has 0 aliphatic carbocycles. The van der Waals surface area contributed by atoms with Gasteiger partial charge in [0.1, 0.15) is 0 Å². The number of sulfonamides is 1. The lowest BCUT2D eigenvalue weighted by Crippen LogP contribution is -2.35. The summed E-state index contributed by atoms with van der Waals surface area (Å²) in [7, 11) is -3.51. The third-order valence-corrected chi connectivity index (χ3v) is 8.08. The molecule has 1 N–H and O–H groups in total. The van der Waals surface area contributed by atoms with E-state index in [2.05, 4.69) is 5.32 Å². The normalized spacial score (nSPS) is 19.8. The first kappa shape index (κ1) is 22.5. The number of hydrogen-bond donors (Lipinski definition) is 1. The molecule has 2 saturated heterocycles. The number of piperidine rings is 1. The standard InChI is InChI=1S/C24H29N3O4S/c1-18-5-9-21(10-6-18)27-17-19(15-23(27)28)16-25-24(29)20-7-11-22(12-8-20)32(30,31)26-13-3-2-4-14-26/h5-12,19H,2-4,13-17H2,1H3,(H,25,29). The van der Waals surface area contributed by atoms with Crippen LogP contribution in [0.1, 0.15) is 41.6 Å². The first-order chi connectivity index (χ1) is 15.3. The fraction of sp³-hybridized carbons (Fsp3) is 0.417. The average Bonchev–Trinajstić information content (AvgIpc) is 3.19. The molecular formula is C24H29N3O4S. The van der Waals surface area contributed by atoms with E-state index in [1.54, 1.807) is 17.0 Å².